The summed E-state index contributed by atoms with van der Waals surface area (Å²) in [6.45, 7) is 2.01. The molecule has 1 aliphatic carbocycles. The molecule has 1 aromatic rings. The van der Waals surface area contributed by atoms with E-state index >= 15 is 0 Å². The Hall–Kier alpha value is -0.760. The minimum atomic E-state index is 0.571. The van der Waals surface area contributed by atoms with Crippen molar-refractivity contribution in [3.63, 3.8) is 0 Å². The first-order chi connectivity index (χ1) is 6.76. The van der Waals surface area contributed by atoms with Gasteiger partial charge < -0.3 is 4.98 Å². The molecule has 0 saturated heterocycles. The summed E-state index contributed by atoms with van der Waals surface area (Å²) in [5, 5.41) is 0. The minimum Gasteiger partial charge on any atom is -0.356 e. The number of aromatic amines is 1. The lowest BCUT2D eigenvalue weighted by molar-refractivity contribution is 0.111. The van der Waals surface area contributed by atoms with Crippen LogP contribution in [0.25, 0.3) is 0 Å². The Bertz CT molecular complexity index is 356. The largest absolute Gasteiger partial charge is 0.356 e. The maximum Gasteiger partial charge on any atom is 0.166 e. The SMILES string of the molecule is Cc1c(C=O)[nH]c2c1CCC(CCl)C2. The van der Waals surface area contributed by atoms with Gasteiger partial charge in [-0.2, -0.15) is 0 Å². The van der Waals surface area contributed by atoms with Crippen molar-refractivity contribution in [3.05, 3.63) is 22.5 Å². The number of hydrogen-bond donors (Lipinski definition) is 1. The summed E-state index contributed by atoms with van der Waals surface area (Å²) in [5.74, 6) is 1.29. The molecule has 1 aliphatic rings. The Morgan fingerprint density at radius 1 is 1.64 bits per heavy atom. The predicted octanol–water partition coefficient (Wildman–Crippen LogP) is 2.48. The highest BCUT2D eigenvalue weighted by Crippen LogP contribution is 2.29. The molecule has 0 bridgehead atoms. The Morgan fingerprint density at radius 2 is 2.43 bits per heavy atom. The van der Waals surface area contributed by atoms with E-state index in [4.69, 9.17) is 11.6 Å². The van der Waals surface area contributed by atoms with Crippen LogP contribution >= 0.6 is 11.6 Å². The van der Waals surface area contributed by atoms with Crippen LogP contribution in [0.3, 0.4) is 0 Å². The molecule has 1 aromatic heterocycles. The second-order valence-corrected chi connectivity index (χ2v) is 4.31. The van der Waals surface area contributed by atoms with Crippen LogP contribution in [0.5, 0.6) is 0 Å². The second-order valence-electron chi connectivity index (χ2n) is 4.00. The molecule has 0 saturated carbocycles. The molecule has 2 rings (SSSR count). The number of nitrogens with one attached hydrogen (secondary N) is 1. The fourth-order valence-corrected chi connectivity index (χ4v) is 2.49. The lowest BCUT2D eigenvalue weighted by Gasteiger charge is -2.20. The van der Waals surface area contributed by atoms with Crippen LogP contribution in [0.15, 0.2) is 0 Å². The van der Waals surface area contributed by atoms with Crippen molar-refractivity contribution in [2.75, 3.05) is 5.88 Å². The van der Waals surface area contributed by atoms with Gasteiger partial charge >= 0.3 is 0 Å². The maximum atomic E-state index is 10.7. The summed E-state index contributed by atoms with van der Waals surface area (Å²) in [6.07, 6.45) is 4.10. The van der Waals surface area contributed by atoms with Gasteiger partial charge in [0.25, 0.3) is 0 Å². The minimum absolute atomic E-state index is 0.571. The fraction of sp³-hybridized carbons (Fsp3) is 0.545. The molecule has 76 valence electrons. The van der Waals surface area contributed by atoms with Gasteiger partial charge in [0.05, 0.1) is 5.69 Å². The van der Waals surface area contributed by atoms with Gasteiger partial charge in [0.2, 0.25) is 0 Å². The summed E-state index contributed by atoms with van der Waals surface area (Å²) in [7, 11) is 0. The van der Waals surface area contributed by atoms with E-state index in [-0.39, 0.29) is 0 Å². The van der Waals surface area contributed by atoms with Crippen molar-refractivity contribution in [2.45, 2.75) is 26.2 Å². The Balaban J connectivity index is 2.34. The zero-order chi connectivity index (χ0) is 10.1. The van der Waals surface area contributed by atoms with Crippen molar-refractivity contribution in [3.8, 4) is 0 Å². The Morgan fingerprint density at radius 3 is 3.07 bits per heavy atom. The highest BCUT2D eigenvalue weighted by molar-refractivity contribution is 6.18. The first-order valence-corrected chi connectivity index (χ1v) is 5.51. The third-order valence-corrected chi connectivity index (χ3v) is 3.57. The van der Waals surface area contributed by atoms with E-state index in [0.717, 1.165) is 36.8 Å². The van der Waals surface area contributed by atoms with Gasteiger partial charge in [-0.15, -0.1) is 11.6 Å². The molecule has 1 atom stereocenters. The summed E-state index contributed by atoms with van der Waals surface area (Å²) in [5.41, 5.74) is 4.43. The van der Waals surface area contributed by atoms with Crippen LogP contribution in [0.1, 0.15) is 33.7 Å². The third-order valence-electron chi connectivity index (χ3n) is 3.14. The number of rotatable bonds is 2. The van der Waals surface area contributed by atoms with Crippen LogP contribution in [0, 0.1) is 12.8 Å². The number of aldehydes is 1. The average Bonchev–Trinajstić information content (AvgIpc) is 2.55. The highest BCUT2D eigenvalue weighted by atomic mass is 35.5. The van der Waals surface area contributed by atoms with Crippen LogP contribution in [-0.2, 0) is 12.8 Å². The number of hydrogen-bond acceptors (Lipinski definition) is 1. The highest BCUT2D eigenvalue weighted by Gasteiger charge is 2.22. The van der Waals surface area contributed by atoms with E-state index in [1.54, 1.807) is 0 Å². The van der Waals surface area contributed by atoms with Gasteiger partial charge in [0.1, 0.15) is 0 Å². The molecular weight excluding hydrogens is 198 g/mol. The summed E-state index contributed by atoms with van der Waals surface area (Å²) in [4.78, 5) is 13.9. The normalized spacial score (nSPS) is 20.6. The van der Waals surface area contributed by atoms with Crippen molar-refractivity contribution in [1.82, 2.24) is 4.98 Å². The van der Waals surface area contributed by atoms with E-state index < -0.39 is 0 Å². The van der Waals surface area contributed by atoms with Gasteiger partial charge in [-0.25, -0.2) is 0 Å². The van der Waals surface area contributed by atoms with Crippen molar-refractivity contribution >= 4 is 17.9 Å². The Labute approximate surface area is 88.7 Å². The van der Waals surface area contributed by atoms with Crippen molar-refractivity contribution in [1.29, 1.82) is 0 Å². The molecule has 0 amide bonds. The van der Waals surface area contributed by atoms with Crippen molar-refractivity contribution in [2.24, 2.45) is 5.92 Å². The smallest absolute Gasteiger partial charge is 0.166 e. The number of fused-ring (bicyclic) bond motifs is 1. The molecule has 1 N–H and O–H groups in total. The lowest BCUT2D eigenvalue weighted by atomic mass is 9.88. The van der Waals surface area contributed by atoms with Crippen LogP contribution in [0.4, 0.5) is 0 Å². The molecule has 2 nitrogen and oxygen atoms in total. The molecule has 0 aromatic carbocycles. The van der Waals surface area contributed by atoms with E-state index in [1.165, 1.54) is 11.3 Å². The standard InChI is InChI=1S/C11H14ClNO/c1-7-9-3-2-8(5-12)4-10(9)13-11(7)6-14/h6,8,13H,2-5H2,1H3. The van der Waals surface area contributed by atoms with E-state index in [9.17, 15) is 4.79 Å². The summed E-state index contributed by atoms with van der Waals surface area (Å²) >= 11 is 5.84. The molecule has 14 heavy (non-hydrogen) atoms. The van der Waals surface area contributed by atoms with Gasteiger partial charge in [-0.1, -0.05) is 0 Å². The fourth-order valence-electron chi connectivity index (χ4n) is 2.22. The molecule has 0 fully saturated rings. The lowest BCUT2D eigenvalue weighted by Crippen LogP contribution is -2.15. The van der Waals surface area contributed by atoms with E-state index in [2.05, 4.69) is 4.98 Å². The van der Waals surface area contributed by atoms with E-state index in [0.29, 0.717) is 11.8 Å². The van der Waals surface area contributed by atoms with Gasteiger partial charge in [-0.05, 0) is 43.2 Å². The molecule has 0 radical (unpaired) electrons. The third kappa shape index (κ3) is 1.48. The number of alkyl halides is 1. The monoisotopic (exact) mass is 211 g/mol. The molecular formula is C11H14ClNO. The second kappa shape index (κ2) is 3.77. The number of halogens is 1. The van der Waals surface area contributed by atoms with Crippen molar-refractivity contribution < 1.29 is 4.79 Å². The number of aromatic nitrogens is 1. The molecule has 0 aliphatic heterocycles. The van der Waals surface area contributed by atoms with Gasteiger partial charge in [-0.3, -0.25) is 4.79 Å². The summed E-state index contributed by atoms with van der Waals surface area (Å²) < 4.78 is 0. The molecule has 1 heterocycles. The number of carbonyl (C=O) groups excluding carboxylic acids is 1. The molecule has 0 spiro atoms. The van der Waals surface area contributed by atoms with Crippen LogP contribution < -0.4 is 0 Å². The maximum absolute atomic E-state index is 10.7. The van der Waals surface area contributed by atoms with Crippen LogP contribution in [-0.4, -0.2) is 17.2 Å². The quantitative estimate of drug-likeness (QED) is 0.592. The zero-order valence-corrected chi connectivity index (χ0v) is 9.03. The van der Waals surface area contributed by atoms with Gasteiger partial charge in [0, 0.05) is 11.6 Å². The number of carbonyl (C=O) groups is 1. The van der Waals surface area contributed by atoms with Crippen LogP contribution in [0.2, 0.25) is 0 Å². The topological polar surface area (TPSA) is 32.9 Å². The number of H-pyrrole nitrogens is 1. The Kier molecular flexibility index (Phi) is 2.64. The average molecular weight is 212 g/mol. The predicted molar refractivity (Wildman–Crippen MR) is 57.2 cm³/mol. The summed E-state index contributed by atoms with van der Waals surface area (Å²) in [6, 6.07) is 0. The molecule has 1 unspecified atom stereocenters. The van der Waals surface area contributed by atoms with Gasteiger partial charge in [0.15, 0.2) is 6.29 Å². The first kappa shape index (κ1) is 9.78. The zero-order valence-electron chi connectivity index (χ0n) is 8.27. The first-order valence-electron chi connectivity index (χ1n) is 4.97. The molecule has 3 heteroatoms. The van der Waals surface area contributed by atoms with E-state index in [1.807, 2.05) is 6.92 Å².